The summed E-state index contributed by atoms with van der Waals surface area (Å²) in [6.45, 7) is 1.97. The van der Waals surface area contributed by atoms with Gasteiger partial charge in [0.2, 0.25) is 0 Å². The van der Waals surface area contributed by atoms with Crippen LogP contribution in [-0.2, 0) is 5.41 Å². The van der Waals surface area contributed by atoms with E-state index in [9.17, 15) is 5.11 Å². The van der Waals surface area contributed by atoms with Crippen LogP contribution in [0.1, 0.15) is 30.9 Å². The van der Waals surface area contributed by atoms with Gasteiger partial charge in [-0.05, 0) is 37.5 Å². The monoisotopic (exact) mass is 232 g/mol. The molecule has 0 aliphatic heterocycles. The molecule has 0 spiro atoms. The van der Waals surface area contributed by atoms with Crippen LogP contribution in [0.2, 0.25) is 0 Å². The number of nitrogens with two attached hydrogens (primary N) is 1. The summed E-state index contributed by atoms with van der Waals surface area (Å²) in [6.07, 6.45) is 2.03. The van der Waals surface area contributed by atoms with Crippen molar-refractivity contribution >= 4 is 0 Å². The fourth-order valence-electron chi connectivity index (χ4n) is 2.28. The number of phenols is 1. The number of aromatic hydroxyl groups is 1. The highest BCUT2D eigenvalue weighted by molar-refractivity contribution is 5.56. The van der Waals surface area contributed by atoms with E-state index < -0.39 is 0 Å². The van der Waals surface area contributed by atoms with Gasteiger partial charge in [0.05, 0.1) is 12.7 Å². The maximum atomic E-state index is 9.76. The number of nitrogens with zero attached hydrogens (tertiary/aromatic N) is 1. The minimum atomic E-state index is -0.0979. The van der Waals surface area contributed by atoms with Crippen molar-refractivity contribution in [1.29, 1.82) is 5.26 Å². The number of methoxy groups -OCH3 is 1. The minimum Gasteiger partial charge on any atom is -0.503 e. The quantitative estimate of drug-likeness (QED) is 0.830. The Kier molecular flexibility index (Phi) is 2.72. The van der Waals surface area contributed by atoms with Crippen molar-refractivity contribution in [2.24, 2.45) is 5.73 Å². The van der Waals surface area contributed by atoms with Crippen molar-refractivity contribution in [3.63, 3.8) is 0 Å². The SMILES string of the molecule is COc1cc(C2(C(C)N)CC2)cc(C#N)c1O. The number of nitriles is 1. The smallest absolute Gasteiger partial charge is 0.175 e. The normalized spacial score (nSPS) is 18.2. The predicted molar refractivity (Wildman–Crippen MR) is 63.9 cm³/mol. The third-order valence-electron chi connectivity index (χ3n) is 3.65. The summed E-state index contributed by atoms with van der Waals surface area (Å²) < 4.78 is 5.09. The predicted octanol–water partition coefficient (Wildman–Crippen LogP) is 1.65. The molecule has 1 aliphatic rings. The second kappa shape index (κ2) is 3.94. The molecule has 0 aromatic heterocycles. The largest absolute Gasteiger partial charge is 0.503 e. The van der Waals surface area contributed by atoms with E-state index >= 15 is 0 Å². The van der Waals surface area contributed by atoms with Gasteiger partial charge in [-0.2, -0.15) is 5.26 Å². The molecule has 0 radical (unpaired) electrons. The van der Waals surface area contributed by atoms with E-state index in [0.717, 1.165) is 18.4 Å². The first kappa shape index (κ1) is 11.7. The molecule has 4 heteroatoms. The maximum Gasteiger partial charge on any atom is 0.175 e. The summed E-state index contributed by atoms with van der Waals surface area (Å²) >= 11 is 0. The average Bonchev–Trinajstić information content (AvgIpc) is 3.10. The molecule has 1 atom stereocenters. The fraction of sp³-hybridized carbons (Fsp3) is 0.462. The standard InChI is InChI=1S/C13H16N2O2/c1-8(15)13(3-4-13)10-5-9(7-14)12(16)11(6-10)17-2/h5-6,8,16H,3-4,15H2,1-2H3. The van der Waals surface area contributed by atoms with E-state index in [1.165, 1.54) is 7.11 Å². The molecule has 0 amide bonds. The first-order chi connectivity index (χ1) is 8.05. The lowest BCUT2D eigenvalue weighted by atomic mass is 9.88. The lowest BCUT2D eigenvalue weighted by Crippen LogP contribution is -2.31. The van der Waals surface area contributed by atoms with Crippen LogP contribution in [0, 0.1) is 11.3 Å². The van der Waals surface area contributed by atoms with E-state index in [1.807, 2.05) is 13.0 Å². The van der Waals surface area contributed by atoms with Crippen LogP contribution in [0.3, 0.4) is 0 Å². The van der Waals surface area contributed by atoms with Crippen molar-refractivity contribution in [2.75, 3.05) is 7.11 Å². The minimum absolute atomic E-state index is 0.0308. The molecule has 1 aromatic carbocycles. The van der Waals surface area contributed by atoms with Crippen LogP contribution in [0.15, 0.2) is 12.1 Å². The topological polar surface area (TPSA) is 79.3 Å². The first-order valence-corrected chi connectivity index (χ1v) is 5.62. The molecule has 1 aromatic rings. The van der Waals surface area contributed by atoms with Crippen LogP contribution < -0.4 is 10.5 Å². The van der Waals surface area contributed by atoms with Gasteiger partial charge in [0, 0.05) is 11.5 Å². The summed E-state index contributed by atoms with van der Waals surface area (Å²) in [6, 6.07) is 5.51. The molecule has 1 saturated carbocycles. The van der Waals surface area contributed by atoms with Crippen LogP contribution in [-0.4, -0.2) is 18.3 Å². The van der Waals surface area contributed by atoms with Crippen LogP contribution in [0.25, 0.3) is 0 Å². The third-order valence-corrected chi connectivity index (χ3v) is 3.65. The van der Waals surface area contributed by atoms with E-state index in [1.54, 1.807) is 12.1 Å². The Morgan fingerprint density at radius 1 is 1.53 bits per heavy atom. The zero-order chi connectivity index (χ0) is 12.6. The summed E-state index contributed by atoms with van der Waals surface area (Å²) in [5, 5.41) is 18.8. The third kappa shape index (κ3) is 1.73. The second-order valence-corrected chi connectivity index (χ2v) is 4.63. The van der Waals surface area contributed by atoms with E-state index in [4.69, 9.17) is 15.7 Å². The number of rotatable bonds is 3. The molecule has 0 saturated heterocycles. The zero-order valence-electron chi connectivity index (χ0n) is 10.0. The van der Waals surface area contributed by atoms with Crippen molar-refractivity contribution in [3.05, 3.63) is 23.3 Å². The highest BCUT2D eigenvalue weighted by Gasteiger charge is 2.48. The van der Waals surface area contributed by atoms with E-state index in [0.29, 0.717) is 5.75 Å². The molecule has 0 bridgehead atoms. The number of phenolic OH excluding ortho intramolecular Hbond substituents is 1. The van der Waals surface area contributed by atoms with Gasteiger partial charge >= 0.3 is 0 Å². The van der Waals surface area contributed by atoms with Crippen molar-refractivity contribution in [1.82, 2.24) is 0 Å². The number of hydrogen-bond donors (Lipinski definition) is 2. The van der Waals surface area contributed by atoms with Crippen LogP contribution >= 0.6 is 0 Å². The van der Waals surface area contributed by atoms with Gasteiger partial charge in [-0.15, -0.1) is 0 Å². The molecular weight excluding hydrogens is 216 g/mol. The van der Waals surface area contributed by atoms with E-state index in [2.05, 4.69) is 0 Å². The van der Waals surface area contributed by atoms with Gasteiger partial charge in [0.1, 0.15) is 6.07 Å². The highest BCUT2D eigenvalue weighted by atomic mass is 16.5. The maximum absolute atomic E-state index is 9.76. The van der Waals surface area contributed by atoms with Gasteiger partial charge < -0.3 is 15.6 Å². The Hall–Kier alpha value is -1.73. The molecule has 3 N–H and O–H groups in total. The summed E-state index contributed by atoms with van der Waals surface area (Å²) in [5.41, 5.74) is 7.18. The van der Waals surface area contributed by atoms with Gasteiger partial charge in [-0.1, -0.05) is 0 Å². The Bertz CT molecular complexity index is 485. The van der Waals surface area contributed by atoms with Crippen molar-refractivity contribution in [2.45, 2.75) is 31.2 Å². The Morgan fingerprint density at radius 3 is 2.59 bits per heavy atom. The number of ether oxygens (including phenoxy) is 1. The number of hydrogen-bond acceptors (Lipinski definition) is 4. The highest BCUT2D eigenvalue weighted by Crippen LogP contribution is 2.52. The summed E-state index contributed by atoms with van der Waals surface area (Å²) in [4.78, 5) is 0. The zero-order valence-corrected chi connectivity index (χ0v) is 10.0. The Labute approximate surface area is 101 Å². The van der Waals surface area contributed by atoms with Gasteiger partial charge in [-0.3, -0.25) is 0 Å². The fourth-order valence-corrected chi connectivity index (χ4v) is 2.28. The lowest BCUT2D eigenvalue weighted by molar-refractivity contribution is 0.371. The molecule has 1 fully saturated rings. The van der Waals surface area contributed by atoms with Crippen LogP contribution in [0.5, 0.6) is 11.5 Å². The van der Waals surface area contributed by atoms with Gasteiger partial charge in [0.15, 0.2) is 11.5 Å². The van der Waals surface area contributed by atoms with Crippen molar-refractivity contribution in [3.8, 4) is 17.6 Å². The first-order valence-electron chi connectivity index (χ1n) is 5.62. The molecule has 1 unspecified atom stereocenters. The average molecular weight is 232 g/mol. The molecule has 0 heterocycles. The molecule has 1 aliphatic carbocycles. The molecule has 4 nitrogen and oxygen atoms in total. The van der Waals surface area contributed by atoms with E-state index in [-0.39, 0.29) is 22.8 Å². The summed E-state index contributed by atoms with van der Waals surface area (Å²) in [7, 11) is 1.48. The second-order valence-electron chi connectivity index (χ2n) is 4.63. The Morgan fingerprint density at radius 2 is 2.18 bits per heavy atom. The van der Waals surface area contributed by atoms with Gasteiger partial charge in [0.25, 0.3) is 0 Å². The van der Waals surface area contributed by atoms with Crippen LogP contribution in [0.4, 0.5) is 0 Å². The molecule has 17 heavy (non-hydrogen) atoms. The number of benzene rings is 1. The van der Waals surface area contributed by atoms with Crippen molar-refractivity contribution < 1.29 is 9.84 Å². The van der Waals surface area contributed by atoms with Gasteiger partial charge in [-0.25, -0.2) is 0 Å². The molecule has 90 valence electrons. The lowest BCUT2D eigenvalue weighted by Gasteiger charge is -2.21. The molecular formula is C13H16N2O2. The summed E-state index contributed by atoms with van der Waals surface area (Å²) in [5.74, 6) is 0.241. The molecule has 2 rings (SSSR count). The Balaban J connectivity index is 2.54.